The molecular weight excluding hydrogens is 398 g/mol. The lowest BCUT2D eigenvalue weighted by molar-refractivity contribution is -0.131. The monoisotopic (exact) mass is 453 g/mol. The number of amides is 1. The molecule has 0 aromatic rings. The van der Waals surface area contributed by atoms with Gasteiger partial charge in [0, 0.05) is 0 Å². The second-order valence-electron chi connectivity index (χ2n) is 9.48. The van der Waals surface area contributed by atoms with Crippen molar-refractivity contribution in [2.45, 2.75) is 161 Å². The predicted octanol–water partition coefficient (Wildman–Crippen LogP) is 7.22. The number of rotatable bonds is 23. The zero-order valence-corrected chi connectivity index (χ0v) is 21.6. The first-order chi connectivity index (χ1) is 15.6. The molecule has 0 saturated carbocycles. The molecule has 4 heteroatoms. The second-order valence-corrected chi connectivity index (χ2v) is 9.48. The van der Waals surface area contributed by atoms with E-state index in [1.54, 1.807) is 0 Å². The minimum absolute atomic E-state index is 0.260. The molecular formula is C28H55NO3. The standard InChI is InChI=1S/C28H55NO3/c1-4-7-9-10-11-12-13-14-15-16-17-18-19-20-21-22-24-26(30)25(6-3)29-28(32)27(31)23-8-5-2/h12-13,25-27,30-31H,4-11,14-24H2,1-3H3,(H,29,32)/b13-12-. The molecule has 0 aliphatic carbocycles. The molecule has 1 amide bonds. The summed E-state index contributed by atoms with van der Waals surface area (Å²) in [7, 11) is 0. The first kappa shape index (κ1) is 31.1. The molecule has 0 aromatic heterocycles. The summed E-state index contributed by atoms with van der Waals surface area (Å²) in [6.45, 7) is 6.27. The highest BCUT2D eigenvalue weighted by molar-refractivity contribution is 5.80. The lowest BCUT2D eigenvalue weighted by atomic mass is 10.00. The van der Waals surface area contributed by atoms with Crippen molar-refractivity contribution in [1.29, 1.82) is 0 Å². The van der Waals surface area contributed by atoms with Gasteiger partial charge in [0.15, 0.2) is 0 Å². The van der Waals surface area contributed by atoms with Crippen LogP contribution in [0.15, 0.2) is 12.2 Å². The highest BCUT2D eigenvalue weighted by Gasteiger charge is 2.22. The number of hydrogen-bond donors (Lipinski definition) is 3. The van der Waals surface area contributed by atoms with Crippen LogP contribution in [0.4, 0.5) is 0 Å². The van der Waals surface area contributed by atoms with Crippen LogP contribution in [0.3, 0.4) is 0 Å². The van der Waals surface area contributed by atoms with Gasteiger partial charge in [-0.25, -0.2) is 0 Å². The van der Waals surface area contributed by atoms with Gasteiger partial charge >= 0.3 is 0 Å². The molecule has 0 fully saturated rings. The Morgan fingerprint density at radius 3 is 1.72 bits per heavy atom. The van der Waals surface area contributed by atoms with Crippen LogP contribution in [0.5, 0.6) is 0 Å². The molecule has 0 saturated heterocycles. The lowest BCUT2D eigenvalue weighted by Gasteiger charge is -2.24. The summed E-state index contributed by atoms with van der Waals surface area (Å²) in [6.07, 6.45) is 24.8. The Kier molecular flexibility index (Phi) is 22.7. The molecule has 0 bridgehead atoms. The average molecular weight is 454 g/mol. The Bertz CT molecular complexity index is 438. The van der Waals surface area contributed by atoms with Gasteiger partial charge < -0.3 is 15.5 Å². The number of hydrogen-bond acceptors (Lipinski definition) is 3. The maximum absolute atomic E-state index is 12.1. The van der Waals surface area contributed by atoms with Crippen molar-refractivity contribution >= 4 is 5.91 Å². The molecule has 0 aliphatic rings. The van der Waals surface area contributed by atoms with Gasteiger partial charge in [0.1, 0.15) is 6.10 Å². The summed E-state index contributed by atoms with van der Waals surface area (Å²) in [4.78, 5) is 12.1. The zero-order valence-electron chi connectivity index (χ0n) is 21.6. The van der Waals surface area contributed by atoms with Crippen molar-refractivity contribution in [1.82, 2.24) is 5.32 Å². The topological polar surface area (TPSA) is 69.6 Å². The van der Waals surface area contributed by atoms with Crippen LogP contribution in [-0.2, 0) is 4.79 Å². The van der Waals surface area contributed by atoms with Crippen LogP contribution < -0.4 is 5.32 Å². The lowest BCUT2D eigenvalue weighted by Crippen LogP contribution is -2.47. The van der Waals surface area contributed by atoms with Crippen LogP contribution in [0.2, 0.25) is 0 Å². The van der Waals surface area contributed by atoms with Gasteiger partial charge in [-0.3, -0.25) is 4.79 Å². The largest absolute Gasteiger partial charge is 0.391 e. The van der Waals surface area contributed by atoms with Crippen LogP contribution in [0.1, 0.15) is 143 Å². The smallest absolute Gasteiger partial charge is 0.249 e. The number of allylic oxidation sites excluding steroid dienone is 2. The number of nitrogens with one attached hydrogen (secondary N) is 1. The molecule has 32 heavy (non-hydrogen) atoms. The SMILES string of the molecule is CCCCCC/C=C\CCCCCCCCCCC(O)C(CC)NC(=O)C(O)CCCC. The van der Waals surface area contributed by atoms with E-state index in [-0.39, 0.29) is 11.9 Å². The van der Waals surface area contributed by atoms with E-state index in [1.165, 1.54) is 77.0 Å². The number of unbranched alkanes of at least 4 members (excludes halogenated alkanes) is 13. The number of carbonyl (C=O) groups excluding carboxylic acids is 1. The minimum atomic E-state index is -0.956. The van der Waals surface area contributed by atoms with Gasteiger partial charge in [-0.05, 0) is 44.9 Å². The molecule has 0 aliphatic heterocycles. The third kappa shape index (κ3) is 18.7. The van der Waals surface area contributed by atoms with Crippen molar-refractivity contribution in [2.24, 2.45) is 0 Å². The Hall–Kier alpha value is -0.870. The van der Waals surface area contributed by atoms with E-state index in [0.29, 0.717) is 19.3 Å². The Labute approximate surface area is 199 Å². The van der Waals surface area contributed by atoms with E-state index in [1.807, 2.05) is 13.8 Å². The van der Waals surface area contributed by atoms with Gasteiger partial charge in [0.2, 0.25) is 5.91 Å². The van der Waals surface area contributed by atoms with Gasteiger partial charge in [0.25, 0.3) is 0 Å². The van der Waals surface area contributed by atoms with E-state index >= 15 is 0 Å². The Morgan fingerprint density at radius 1 is 0.688 bits per heavy atom. The van der Waals surface area contributed by atoms with Gasteiger partial charge in [0.05, 0.1) is 12.1 Å². The van der Waals surface area contributed by atoms with Crippen LogP contribution >= 0.6 is 0 Å². The van der Waals surface area contributed by atoms with Gasteiger partial charge in [-0.1, -0.05) is 110 Å². The van der Waals surface area contributed by atoms with Crippen LogP contribution in [-0.4, -0.2) is 34.4 Å². The van der Waals surface area contributed by atoms with Crippen molar-refractivity contribution < 1.29 is 15.0 Å². The third-order valence-electron chi connectivity index (χ3n) is 6.38. The molecule has 190 valence electrons. The normalized spacial score (nSPS) is 14.5. The average Bonchev–Trinajstić information content (AvgIpc) is 2.80. The molecule has 0 heterocycles. The van der Waals surface area contributed by atoms with E-state index in [0.717, 1.165) is 25.7 Å². The maximum atomic E-state index is 12.1. The van der Waals surface area contributed by atoms with Crippen molar-refractivity contribution in [2.75, 3.05) is 0 Å². The summed E-state index contributed by atoms with van der Waals surface area (Å²) >= 11 is 0. The third-order valence-corrected chi connectivity index (χ3v) is 6.38. The van der Waals surface area contributed by atoms with Crippen molar-refractivity contribution in [3.05, 3.63) is 12.2 Å². The van der Waals surface area contributed by atoms with Crippen molar-refractivity contribution in [3.8, 4) is 0 Å². The molecule has 0 rings (SSSR count). The van der Waals surface area contributed by atoms with Gasteiger partial charge in [-0.15, -0.1) is 0 Å². The summed E-state index contributed by atoms with van der Waals surface area (Å²) in [5.74, 6) is -0.341. The fourth-order valence-electron chi connectivity index (χ4n) is 4.08. The molecule has 3 unspecified atom stereocenters. The Balaban J connectivity index is 3.62. The maximum Gasteiger partial charge on any atom is 0.249 e. The number of aliphatic hydroxyl groups is 2. The highest BCUT2D eigenvalue weighted by atomic mass is 16.3. The van der Waals surface area contributed by atoms with E-state index in [2.05, 4.69) is 24.4 Å². The predicted molar refractivity (Wildman–Crippen MR) is 138 cm³/mol. The quantitative estimate of drug-likeness (QED) is 0.113. The minimum Gasteiger partial charge on any atom is -0.391 e. The highest BCUT2D eigenvalue weighted by Crippen LogP contribution is 2.14. The molecule has 0 radical (unpaired) electrons. The van der Waals surface area contributed by atoms with Crippen molar-refractivity contribution in [3.63, 3.8) is 0 Å². The molecule has 0 spiro atoms. The zero-order chi connectivity index (χ0) is 23.9. The molecule has 3 N–H and O–H groups in total. The number of carbonyl (C=O) groups is 1. The van der Waals surface area contributed by atoms with Crippen LogP contribution in [0, 0.1) is 0 Å². The van der Waals surface area contributed by atoms with E-state index in [9.17, 15) is 15.0 Å². The first-order valence-electron chi connectivity index (χ1n) is 13.9. The Morgan fingerprint density at radius 2 is 1.19 bits per heavy atom. The summed E-state index contributed by atoms with van der Waals surface area (Å²) in [5, 5.41) is 23.2. The van der Waals surface area contributed by atoms with E-state index in [4.69, 9.17) is 0 Å². The molecule has 3 atom stereocenters. The molecule has 4 nitrogen and oxygen atoms in total. The van der Waals surface area contributed by atoms with E-state index < -0.39 is 12.2 Å². The fourth-order valence-corrected chi connectivity index (χ4v) is 4.08. The first-order valence-corrected chi connectivity index (χ1v) is 13.9. The van der Waals surface area contributed by atoms with Crippen LogP contribution in [0.25, 0.3) is 0 Å². The summed E-state index contributed by atoms with van der Waals surface area (Å²) < 4.78 is 0. The summed E-state index contributed by atoms with van der Waals surface area (Å²) in [6, 6.07) is -0.260. The summed E-state index contributed by atoms with van der Waals surface area (Å²) in [5.41, 5.74) is 0. The van der Waals surface area contributed by atoms with Gasteiger partial charge in [-0.2, -0.15) is 0 Å². The second kappa shape index (κ2) is 23.3. The fraction of sp³-hybridized carbons (Fsp3) is 0.893. The molecule has 0 aromatic carbocycles. The number of aliphatic hydroxyl groups excluding tert-OH is 2.